The molecule has 0 bridgehead atoms. The summed E-state index contributed by atoms with van der Waals surface area (Å²) in [5.41, 5.74) is -0.700. The minimum Gasteiger partial charge on any atom is -0.390 e. The van der Waals surface area contributed by atoms with Crippen LogP contribution >= 0.6 is 23.1 Å². The molecule has 0 aliphatic carbocycles. The highest BCUT2D eigenvalue weighted by molar-refractivity contribution is 7.99. The zero-order valence-corrected chi connectivity index (χ0v) is 10.7. The van der Waals surface area contributed by atoms with Gasteiger partial charge in [-0.15, -0.1) is 16.4 Å². The maximum absolute atomic E-state index is 9.59. The standard InChI is InChI=1S/C10H13N3OS2/c1-10(2,14)6-16-9-11-8(12-13-9)7-4-3-5-15-7/h3-5,14H,6H2,1-2H3,(H,11,12,13). The minimum absolute atomic E-state index is 0.578. The van der Waals surface area contributed by atoms with E-state index in [9.17, 15) is 5.11 Å². The van der Waals surface area contributed by atoms with Crippen LogP contribution in [0.25, 0.3) is 10.7 Å². The highest BCUT2D eigenvalue weighted by Crippen LogP contribution is 2.24. The third kappa shape index (κ3) is 3.07. The van der Waals surface area contributed by atoms with E-state index < -0.39 is 5.60 Å². The molecule has 2 heterocycles. The van der Waals surface area contributed by atoms with Gasteiger partial charge in [0.15, 0.2) is 5.82 Å². The number of thiophene rings is 1. The largest absolute Gasteiger partial charge is 0.390 e. The minimum atomic E-state index is -0.700. The van der Waals surface area contributed by atoms with Crippen LogP contribution in [0, 0.1) is 0 Å². The van der Waals surface area contributed by atoms with Crippen LogP contribution in [0.5, 0.6) is 0 Å². The van der Waals surface area contributed by atoms with Crippen LogP contribution in [0.15, 0.2) is 22.7 Å². The summed E-state index contributed by atoms with van der Waals surface area (Å²) in [6, 6.07) is 3.97. The van der Waals surface area contributed by atoms with Gasteiger partial charge in [0.25, 0.3) is 0 Å². The van der Waals surface area contributed by atoms with E-state index in [2.05, 4.69) is 15.2 Å². The van der Waals surface area contributed by atoms with Crippen molar-refractivity contribution in [1.29, 1.82) is 0 Å². The first-order valence-corrected chi connectivity index (χ1v) is 6.72. The number of thioether (sulfide) groups is 1. The molecule has 0 saturated carbocycles. The predicted molar refractivity (Wildman–Crippen MR) is 66.7 cm³/mol. The van der Waals surface area contributed by atoms with Crippen LogP contribution in [-0.2, 0) is 0 Å². The van der Waals surface area contributed by atoms with E-state index >= 15 is 0 Å². The lowest BCUT2D eigenvalue weighted by Gasteiger charge is -2.14. The van der Waals surface area contributed by atoms with Crippen LogP contribution in [0.3, 0.4) is 0 Å². The molecule has 0 aliphatic heterocycles. The number of hydrogen-bond acceptors (Lipinski definition) is 5. The van der Waals surface area contributed by atoms with Crippen LogP contribution < -0.4 is 0 Å². The van der Waals surface area contributed by atoms with Gasteiger partial charge in [0, 0.05) is 5.75 Å². The van der Waals surface area contributed by atoms with Crippen molar-refractivity contribution in [2.45, 2.75) is 24.6 Å². The fourth-order valence-electron chi connectivity index (χ4n) is 1.08. The smallest absolute Gasteiger partial charge is 0.208 e. The SMILES string of the molecule is CC(C)(O)CSc1n[nH]c(-c2cccs2)n1. The zero-order valence-electron chi connectivity index (χ0n) is 9.10. The third-order valence-electron chi connectivity index (χ3n) is 1.77. The number of aromatic amines is 1. The van der Waals surface area contributed by atoms with E-state index in [-0.39, 0.29) is 0 Å². The van der Waals surface area contributed by atoms with E-state index in [1.165, 1.54) is 11.8 Å². The van der Waals surface area contributed by atoms with Gasteiger partial charge in [-0.2, -0.15) is 0 Å². The molecule has 0 spiro atoms. The molecule has 86 valence electrons. The quantitative estimate of drug-likeness (QED) is 0.824. The first-order valence-electron chi connectivity index (χ1n) is 4.86. The van der Waals surface area contributed by atoms with Gasteiger partial charge in [-0.3, -0.25) is 5.10 Å². The molecule has 16 heavy (non-hydrogen) atoms. The van der Waals surface area contributed by atoms with Gasteiger partial charge in [0.2, 0.25) is 5.16 Å². The summed E-state index contributed by atoms with van der Waals surface area (Å²) in [6.45, 7) is 3.54. The Morgan fingerprint density at radius 2 is 2.38 bits per heavy atom. The molecule has 2 N–H and O–H groups in total. The van der Waals surface area contributed by atoms with Crippen LogP contribution in [-0.4, -0.2) is 31.6 Å². The Labute approximate surface area is 102 Å². The summed E-state index contributed by atoms with van der Waals surface area (Å²) < 4.78 is 0. The van der Waals surface area contributed by atoms with Crippen LogP contribution in [0.2, 0.25) is 0 Å². The lowest BCUT2D eigenvalue weighted by molar-refractivity contribution is 0.107. The first-order chi connectivity index (χ1) is 7.54. The molecule has 2 aromatic heterocycles. The van der Waals surface area contributed by atoms with Gasteiger partial charge in [-0.1, -0.05) is 17.8 Å². The molecule has 0 radical (unpaired) electrons. The molecule has 4 nitrogen and oxygen atoms in total. The number of nitrogens with zero attached hydrogens (tertiary/aromatic N) is 2. The molecule has 0 unspecified atom stereocenters. The molecule has 2 rings (SSSR count). The molecule has 0 atom stereocenters. The highest BCUT2D eigenvalue weighted by atomic mass is 32.2. The van der Waals surface area contributed by atoms with Crippen molar-refractivity contribution >= 4 is 23.1 Å². The van der Waals surface area contributed by atoms with Gasteiger partial charge in [0.05, 0.1) is 10.5 Å². The molecule has 6 heteroatoms. The van der Waals surface area contributed by atoms with E-state index in [0.717, 1.165) is 10.7 Å². The number of hydrogen-bond donors (Lipinski definition) is 2. The van der Waals surface area contributed by atoms with E-state index in [1.54, 1.807) is 25.2 Å². The molecule has 0 aliphatic rings. The molecule has 0 aromatic carbocycles. The maximum Gasteiger partial charge on any atom is 0.208 e. The average molecular weight is 255 g/mol. The van der Waals surface area contributed by atoms with Crippen molar-refractivity contribution in [1.82, 2.24) is 15.2 Å². The highest BCUT2D eigenvalue weighted by Gasteiger charge is 2.15. The van der Waals surface area contributed by atoms with Gasteiger partial charge >= 0.3 is 0 Å². The second-order valence-corrected chi connectivity index (χ2v) is 5.94. The van der Waals surface area contributed by atoms with Gasteiger partial charge < -0.3 is 5.11 Å². The second-order valence-electron chi connectivity index (χ2n) is 4.05. The Kier molecular flexibility index (Phi) is 3.32. The third-order valence-corrected chi connectivity index (χ3v) is 3.94. The zero-order chi connectivity index (χ0) is 11.6. The van der Waals surface area contributed by atoms with Gasteiger partial charge in [-0.05, 0) is 25.3 Å². The number of aromatic nitrogens is 3. The summed E-state index contributed by atoms with van der Waals surface area (Å²) in [5.74, 6) is 1.36. The van der Waals surface area contributed by atoms with E-state index in [4.69, 9.17) is 0 Å². The van der Waals surface area contributed by atoms with E-state index in [1.807, 2.05) is 17.5 Å². The number of aliphatic hydroxyl groups is 1. The summed E-state index contributed by atoms with van der Waals surface area (Å²) >= 11 is 3.07. The van der Waals surface area contributed by atoms with Crippen molar-refractivity contribution in [3.05, 3.63) is 17.5 Å². The van der Waals surface area contributed by atoms with Crippen molar-refractivity contribution in [2.75, 3.05) is 5.75 Å². The molecule has 0 amide bonds. The Balaban J connectivity index is 2.03. The van der Waals surface area contributed by atoms with Gasteiger partial charge in [0.1, 0.15) is 0 Å². The van der Waals surface area contributed by atoms with Crippen LogP contribution in [0.1, 0.15) is 13.8 Å². The molecule has 0 fully saturated rings. The summed E-state index contributed by atoms with van der Waals surface area (Å²) in [4.78, 5) is 5.42. The van der Waals surface area contributed by atoms with Crippen molar-refractivity contribution in [3.8, 4) is 10.7 Å². The number of nitrogens with one attached hydrogen (secondary N) is 1. The fraction of sp³-hybridized carbons (Fsp3) is 0.400. The molecular formula is C10H13N3OS2. The Hall–Kier alpha value is -0.850. The summed E-state index contributed by atoms with van der Waals surface area (Å²) in [6.07, 6.45) is 0. The monoisotopic (exact) mass is 255 g/mol. The summed E-state index contributed by atoms with van der Waals surface area (Å²) in [7, 11) is 0. The van der Waals surface area contributed by atoms with Crippen molar-refractivity contribution < 1.29 is 5.11 Å². The Bertz CT molecular complexity index is 445. The lowest BCUT2D eigenvalue weighted by Crippen LogP contribution is -2.21. The summed E-state index contributed by atoms with van der Waals surface area (Å²) in [5, 5.41) is 19.2. The first kappa shape index (κ1) is 11.6. The van der Waals surface area contributed by atoms with Gasteiger partial charge in [-0.25, -0.2) is 4.98 Å². The van der Waals surface area contributed by atoms with E-state index in [0.29, 0.717) is 10.9 Å². The normalized spacial score (nSPS) is 11.9. The van der Waals surface area contributed by atoms with Crippen LogP contribution in [0.4, 0.5) is 0 Å². The molecular weight excluding hydrogens is 242 g/mol. The number of rotatable bonds is 4. The second kappa shape index (κ2) is 4.57. The average Bonchev–Trinajstić information content (AvgIpc) is 2.84. The Morgan fingerprint density at radius 3 is 3.00 bits per heavy atom. The lowest BCUT2D eigenvalue weighted by atomic mass is 10.2. The maximum atomic E-state index is 9.59. The molecule has 2 aromatic rings. The predicted octanol–water partition coefficient (Wildman–Crippen LogP) is 2.40. The van der Waals surface area contributed by atoms with Crippen molar-refractivity contribution in [3.63, 3.8) is 0 Å². The van der Waals surface area contributed by atoms with Crippen molar-refractivity contribution in [2.24, 2.45) is 0 Å². The molecule has 0 saturated heterocycles. The number of H-pyrrole nitrogens is 1. The Morgan fingerprint density at radius 1 is 1.56 bits per heavy atom. The topological polar surface area (TPSA) is 61.8 Å². The fourth-order valence-corrected chi connectivity index (χ4v) is 2.49.